The minimum atomic E-state index is 0.577. The summed E-state index contributed by atoms with van der Waals surface area (Å²) in [5.74, 6) is 0.964. The van der Waals surface area contributed by atoms with Crippen molar-refractivity contribution in [2.24, 2.45) is 5.92 Å². The van der Waals surface area contributed by atoms with Crippen molar-refractivity contribution in [3.8, 4) is 0 Å². The van der Waals surface area contributed by atoms with Crippen molar-refractivity contribution in [3.05, 3.63) is 23.8 Å². The Labute approximate surface area is 111 Å². The van der Waals surface area contributed by atoms with E-state index in [0.717, 1.165) is 5.92 Å². The molecule has 1 aliphatic carbocycles. The van der Waals surface area contributed by atoms with E-state index in [0.29, 0.717) is 6.04 Å². The first kappa shape index (κ1) is 13.3. The van der Waals surface area contributed by atoms with Crippen LogP contribution in [0.15, 0.2) is 18.2 Å². The third kappa shape index (κ3) is 3.18. The van der Waals surface area contributed by atoms with Crippen molar-refractivity contribution in [1.29, 1.82) is 0 Å². The van der Waals surface area contributed by atoms with Gasteiger partial charge < -0.3 is 10.2 Å². The molecule has 100 valence electrons. The fraction of sp³-hybridized carbons (Fsp3) is 0.625. The third-order valence-electron chi connectivity index (χ3n) is 4.02. The zero-order valence-electron chi connectivity index (χ0n) is 12.2. The summed E-state index contributed by atoms with van der Waals surface area (Å²) < 4.78 is 0. The first-order chi connectivity index (χ1) is 8.56. The van der Waals surface area contributed by atoms with Gasteiger partial charge in [-0.15, -0.1) is 0 Å². The number of aryl methyl sites for hydroxylation is 1. The number of rotatable bonds is 5. The molecule has 18 heavy (non-hydrogen) atoms. The summed E-state index contributed by atoms with van der Waals surface area (Å²) in [5.41, 5.74) is 3.88. The summed E-state index contributed by atoms with van der Waals surface area (Å²) in [6.45, 7) is 4.46. The van der Waals surface area contributed by atoms with Crippen LogP contribution >= 0.6 is 0 Å². The van der Waals surface area contributed by atoms with Gasteiger partial charge in [0.15, 0.2) is 0 Å². The fourth-order valence-electron chi connectivity index (χ4n) is 2.75. The first-order valence-corrected chi connectivity index (χ1v) is 7.11. The predicted molar refractivity (Wildman–Crippen MR) is 80.5 cm³/mol. The van der Waals surface area contributed by atoms with Crippen molar-refractivity contribution >= 4 is 11.4 Å². The lowest BCUT2D eigenvalue weighted by atomic mass is 9.81. The van der Waals surface area contributed by atoms with Gasteiger partial charge >= 0.3 is 0 Å². The van der Waals surface area contributed by atoms with Gasteiger partial charge in [-0.3, -0.25) is 0 Å². The van der Waals surface area contributed by atoms with Crippen molar-refractivity contribution < 1.29 is 0 Å². The highest BCUT2D eigenvalue weighted by molar-refractivity contribution is 5.62. The molecule has 1 unspecified atom stereocenters. The van der Waals surface area contributed by atoms with Crippen molar-refractivity contribution in [1.82, 2.24) is 0 Å². The molecule has 0 spiro atoms. The molecule has 2 rings (SSSR count). The maximum Gasteiger partial charge on any atom is 0.0411 e. The molecule has 0 heterocycles. The number of nitrogens with zero attached hydrogens (tertiary/aromatic N) is 1. The Hall–Kier alpha value is -1.18. The van der Waals surface area contributed by atoms with Crippen LogP contribution in [0.3, 0.4) is 0 Å². The van der Waals surface area contributed by atoms with Gasteiger partial charge in [0.25, 0.3) is 0 Å². The number of nitrogens with one attached hydrogen (secondary N) is 1. The van der Waals surface area contributed by atoms with Crippen molar-refractivity contribution in [2.75, 3.05) is 24.3 Å². The zero-order chi connectivity index (χ0) is 13.1. The van der Waals surface area contributed by atoms with Crippen LogP contribution in [0.4, 0.5) is 11.4 Å². The average Bonchev–Trinajstić information content (AvgIpc) is 2.26. The molecule has 1 aromatic rings. The second-order valence-corrected chi connectivity index (χ2v) is 5.97. The van der Waals surface area contributed by atoms with Gasteiger partial charge in [-0.1, -0.05) is 25.3 Å². The van der Waals surface area contributed by atoms with Crippen LogP contribution in [0.2, 0.25) is 0 Å². The van der Waals surface area contributed by atoms with Crippen LogP contribution < -0.4 is 10.2 Å². The Balaban J connectivity index is 1.97. The minimum absolute atomic E-state index is 0.577. The van der Waals surface area contributed by atoms with Gasteiger partial charge in [-0.25, -0.2) is 0 Å². The summed E-state index contributed by atoms with van der Waals surface area (Å²) in [7, 11) is 4.20. The molecule has 0 saturated heterocycles. The van der Waals surface area contributed by atoms with Crippen molar-refractivity contribution in [3.63, 3.8) is 0 Å². The molecule has 1 saturated carbocycles. The quantitative estimate of drug-likeness (QED) is 0.843. The SMILES string of the molecule is Cc1ccc(NC(C)CC2CCC2)cc1N(C)C. The highest BCUT2D eigenvalue weighted by atomic mass is 15.1. The van der Waals surface area contributed by atoms with E-state index in [9.17, 15) is 0 Å². The van der Waals surface area contributed by atoms with E-state index in [1.165, 1.54) is 42.6 Å². The summed E-state index contributed by atoms with van der Waals surface area (Å²) >= 11 is 0. The van der Waals surface area contributed by atoms with E-state index in [1.54, 1.807) is 0 Å². The molecule has 0 amide bonds. The lowest BCUT2D eigenvalue weighted by molar-refractivity contribution is 0.286. The lowest BCUT2D eigenvalue weighted by Gasteiger charge is -2.29. The topological polar surface area (TPSA) is 15.3 Å². The smallest absolute Gasteiger partial charge is 0.0411 e. The first-order valence-electron chi connectivity index (χ1n) is 7.11. The Morgan fingerprint density at radius 1 is 1.33 bits per heavy atom. The highest BCUT2D eigenvalue weighted by Gasteiger charge is 2.19. The Kier molecular flexibility index (Phi) is 4.15. The Bertz CT molecular complexity index is 394. The van der Waals surface area contributed by atoms with Gasteiger partial charge in [0.1, 0.15) is 0 Å². The largest absolute Gasteiger partial charge is 0.383 e. The Morgan fingerprint density at radius 3 is 2.61 bits per heavy atom. The lowest BCUT2D eigenvalue weighted by Crippen LogP contribution is -2.23. The molecular weight excluding hydrogens is 220 g/mol. The second-order valence-electron chi connectivity index (χ2n) is 5.97. The highest BCUT2D eigenvalue weighted by Crippen LogP contribution is 2.31. The molecule has 2 nitrogen and oxygen atoms in total. The second kappa shape index (κ2) is 5.64. The molecule has 1 aliphatic rings. The minimum Gasteiger partial charge on any atom is -0.383 e. The van der Waals surface area contributed by atoms with E-state index < -0.39 is 0 Å². The van der Waals surface area contributed by atoms with Crippen LogP contribution in [0, 0.1) is 12.8 Å². The molecule has 2 heteroatoms. The monoisotopic (exact) mass is 246 g/mol. The maximum absolute atomic E-state index is 3.64. The van der Waals surface area contributed by atoms with Crippen LogP contribution in [-0.2, 0) is 0 Å². The molecule has 0 aliphatic heterocycles. The van der Waals surface area contributed by atoms with Crippen LogP contribution in [0.1, 0.15) is 38.2 Å². The molecule has 1 aromatic carbocycles. The van der Waals surface area contributed by atoms with E-state index >= 15 is 0 Å². The van der Waals surface area contributed by atoms with Crippen LogP contribution in [-0.4, -0.2) is 20.1 Å². The van der Waals surface area contributed by atoms with E-state index in [1.807, 2.05) is 0 Å². The summed E-state index contributed by atoms with van der Waals surface area (Å²) in [6, 6.07) is 7.23. The summed E-state index contributed by atoms with van der Waals surface area (Å²) in [4.78, 5) is 2.18. The number of hydrogen-bond donors (Lipinski definition) is 1. The molecule has 1 N–H and O–H groups in total. The standard InChI is InChI=1S/C16H26N2/c1-12-8-9-15(11-16(12)18(3)4)17-13(2)10-14-6-5-7-14/h8-9,11,13-14,17H,5-7,10H2,1-4H3. The zero-order valence-corrected chi connectivity index (χ0v) is 12.2. The Morgan fingerprint density at radius 2 is 2.06 bits per heavy atom. The van der Waals surface area contributed by atoms with Gasteiger partial charge in [0.2, 0.25) is 0 Å². The van der Waals surface area contributed by atoms with Crippen LogP contribution in [0.25, 0.3) is 0 Å². The number of hydrogen-bond acceptors (Lipinski definition) is 2. The van der Waals surface area contributed by atoms with E-state index in [2.05, 4.69) is 56.4 Å². The van der Waals surface area contributed by atoms with E-state index in [-0.39, 0.29) is 0 Å². The average molecular weight is 246 g/mol. The molecule has 1 fully saturated rings. The number of benzene rings is 1. The normalized spacial score (nSPS) is 17.1. The van der Waals surface area contributed by atoms with Crippen molar-refractivity contribution in [2.45, 2.75) is 45.6 Å². The molecule has 0 aromatic heterocycles. The molecule has 0 bridgehead atoms. The predicted octanol–water partition coefficient (Wildman–Crippen LogP) is 4.05. The van der Waals surface area contributed by atoms with Gasteiger partial charge in [0.05, 0.1) is 0 Å². The molecule has 0 radical (unpaired) electrons. The summed E-state index contributed by atoms with van der Waals surface area (Å²) in [5, 5.41) is 3.64. The van der Waals surface area contributed by atoms with Crippen LogP contribution in [0.5, 0.6) is 0 Å². The maximum atomic E-state index is 3.64. The summed E-state index contributed by atoms with van der Waals surface area (Å²) in [6.07, 6.45) is 5.61. The van der Waals surface area contributed by atoms with Gasteiger partial charge in [-0.05, 0) is 43.9 Å². The molecule has 1 atom stereocenters. The fourth-order valence-corrected chi connectivity index (χ4v) is 2.75. The number of anilines is 2. The molecular formula is C16H26N2. The van der Waals surface area contributed by atoms with Gasteiger partial charge in [0, 0.05) is 31.5 Å². The van der Waals surface area contributed by atoms with E-state index in [4.69, 9.17) is 0 Å². The van der Waals surface area contributed by atoms with Gasteiger partial charge in [-0.2, -0.15) is 0 Å². The third-order valence-corrected chi connectivity index (χ3v) is 4.02.